The van der Waals surface area contributed by atoms with Gasteiger partial charge in [0, 0.05) is 25.4 Å². The van der Waals surface area contributed by atoms with E-state index in [2.05, 4.69) is 15.0 Å². The minimum absolute atomic E-state index is 0.120. The Morgan fingerprint density at radius 3 is 2.73 bits per heavy atom. The Labute approximate surface area is 146 Å². The van der Waals surface area contributed by atoms with Crippen LogP contribution in [-0.4, -0.2) is 39.4 Å². The van der Waals surface area contributed by atoms with Gasteiger partial charge in [0.15, 0.2) is 17.1 Å². The third-order valence-corrected chi connectivity index (χ3v) is 4.64. The SMILES string of the molecule is O=c1[nH]c2nc(N3CCCC3)ncc2c(=O)n1-c1ccc2c(c1)OCO2. The lowest BCUT2D eigenvalue weighted by Gasteiger charge is -2.15. The fourth-order valence-corrected chi connectivity index (χ4v) is 3.32. The van der Waals surface area contributed by atoms with Gasteiger partial charge in [-0.05, 0) is 25.0 Å². The summed E-state index contributed by atoms with van der Waals surface area (Å²) in [6.07, 6.45) is 3.64. The molecule has 0 unspecified atom stereocenters. The summed E-state index contributed by atoms with van der Waals surface area (Å²) < 4.78 is 11.6. The largest absolute Gasteiger partial charge is 0.454 e. The van der Waals surface area contributed by atoms with E-state index in [0.29, 0.717) is 23.1 Å². The van der Waals surface area contributed by atoms with Gasteiger partial charge in [-0.1, -0.05) is 0 Å². The molecule has 0 atom stereocenters. The number of aromatic amines is 1. The number of hydrogen-bond acceptors (Lipinski definition) is 7. The van der Waals surface area contributed by atoms with Crippen LogP contribution in [0.4, 0.5) is 5.95 Å². The molecule has 1 N–H and O–H groups in total. The Hall–Kier alpha value is -3.36. The molecule has 1 fully saturated rings. The molecule has 0 saturated carbocycles. The molecule has 9 nitrogen and oxygen atoms in total. The second-order valence-corrected chi connectivity index (χ2v) is 6.23. The first-order chi connectivity index (χ1) is 12.7. The quantitative estimate of drug-likeness (QED) is 0.727. The third-order valence-electron chi connectivity index (χ3n) is 4.64. The van der Waals surface area contributed by atoms with Gasteiger partial charge >= 0.3 is 5.69 Å². The van der Waals surface area contributed by atoms with Crippen LogP contribution in [0, 0.1) is 0 Å². The molecule has 1 aromatic carbocycles. The summed E-state index contributed by atoms with van der Waals surface area (Å²) in [6.45, 7) is 1.88. The minimum Gasteiger partial charge on any atom is -0.454 e. The summed E-state index contributed by atoms with van der Waals surface area (Å²) >= 11 is 0. The van der Waals surface area contributed by atoms with Crippen LogP contribution in [-0.2, 0) is 0 Å². The van der Waals surface area contributed by atoms with Gasteiger partial charge in [-0.25, -0.2) is 14.3 Å². The number of aromatic nitrogens is 4. The first kappa shape index (κ1) is 14.9. The predicted octanol–water partition coefficient (Wildman–Crippen LogP) is 0.798. The van der Waals surface area contributed by atoms with Gasteiger partial charge in [-0.2, -0.15) is 4.98 Å². The highest BCUT2D eigenvalue weighted by molar-refractivity contribution is 5.74. The first-order valence-corrected chi connectivity index (χ1v) is 8.38. The summed E-state index contributed by atoms with van der Waals surface area (Å²) in [6, 6.07) is 4.90. The number of nitrogens with zero attached hydrogens (tertiary/aromatic N) is 4. The molecule has 0 radical (unpaired) electrons. The van der Waals surface area contributed by atoms with Gasteiger partial charge in [0.05, 0.1) is 5.69 Å². The van der Waals surface area contributed by atoms with Gasteiger partial charge < -0.3 is 14.4 Å². The molecule has 0 aliphatic carbocycles. The molecule has 2 aliphatic rings. The Balaban J connectivity index is 1.66. The second-order valence-electron chi connectivity index (χ2n) is 6.23. The van der Waals surface area contributed by atoms with E-state index >= 15 is 0 Å². The van der Waals surface area contributed by atoms with E-state index in [9.17, 15) is 9.59 Å². The molecule has 5 rings (SSSR count). The first-order valence-electron chi connectivity index (χ1n) is 8.38. The molecule has 1 saturated heterocycles. The zero-order valence-corrected chi connectivity index (χ0v) is 13.8. The summed E-state index contributed by atoms with van der Waals surface area (Å²) in [7, 11) is 0. The maximum atomic E-state index is 12.9. The lowest BCUT2D eigenvalue weighted by molar-refractivity contribution is 0.174. The van der Waals surface area contributed by atoms with Crippen LogP contribution in [0.5, 0.6) is 11.5 Å². The Kier molecular flexibility index (Phi) is 3.21. The zero-order chi connectivity index (χ0) is 17.7. The summed E-state index contributed by atoms with van der Waals surface area (Å²) in [5.41, 5.74) is -0.400. The standard InChI is InChI=1S/C17H15N5O4/c23-15-11-8-18-16(21-5-1-2-6-21)19-14(11)20-17(24)22(15)10-3-4-12-13(7-10)26-9-25-12/h3-4,7-8H,1-2,5-6,9H2,(H,18,19,20,24). The van der Waals surface area contributed by atoms with Crippen molar-refractivity contribution in [3.05, 3.63) is 45.2 Å². The molecule has 2 aliphatic heterocycles. The van der Waals surface area contributed by atoms with Crippen LogP contribution in [0.15, 0.2) is 34.0 Å². The molecule has 3 aromatic rings. The van der Waals surface area contributed by atoms with E-state index < -0.39 is 11.2 Å². The number of hydrogen-bond donors (Lipinski definition) is 1. The van der Waals surface area contributed by atoms with Gasteiger partial charge in [0.1, 0.15) is 5.39 Å². The smallest absolute Gasteiger partial charge is 0.334 e. The van der Waals surface area contributed by atoms with E-state index in [0.717, 1.165) is 30.5 Å². The molecule has 2 aromatic heterocycles. The van der Waals surface area contributed by atoms with Crippen LogP contribution in [0.3, 0.4) is 0 Å². The predicted molar refractivity (Wildman–Crippen MR) is 93.3 cm³/mol. The molecule has 0 bridgehead atoms. The van der Waals surface area contributed by atoms with Crippen molar-refractivity contribution < 1.29 is 9.47 Å². The Morgan fingerprint density at radius 1 is 1.08 bits per heavy atom. The topological polar surface area (TPSA) is 102 Å². The zero-order valence-electron chi connectivity index (χ0n) is 13.8. The fraction of sp³-hybridized carbons (Fsp3) is 0.294. The highest BCUT2D eigenvalue weighted by Crippen LogP contribution is 2.33. The summed E-state index contributed by atoms with van der Waals surface area (Å²) in [5.74, 6) is 1.61. The lowest BCUT2D eigenvalue weighted by Crippen LogP contribution is -2.34. The van der Waals surface area contributed by atoms with E-state index in [1.807, 2.05) is 4.90 Å². The monoisotopic (exact) mass is 353 g/mol. The van der Waals surface area contributed by atoms with E-state index in [1.54, 1.807) is 18.2 Å². The number of fused-ring (bicyclic) bond motifs is 2. The van der Waals surface area contributed by atoms with E-state index in [4.69, 9.17) is 9.47 Å². The molecule has 0 spiro atoms. The van der Waals surface area contributed by atoms with Crippen LogP contribution in [0.25, 0.3) is 16.7 Å². The van der Waals surface area contributed by atoms with Crippen LogP contribution < -0.4 is 25.6 Å². The number of rotatable bonds is 2. The molecule has 26 heavy (non-hydrogen) atoms. The molecular weight excluding hydrogens is 338 g/mol. The average molecular weight is 353 g/mol. The normalized spacial score (nSPS) is 15.8. The number of H-pyrrole nitrogens is 1. The highest BCUT2D eigenvalue weighted by atomic mass is 16.7. The number of benzene rings is 1. The van der Waals surface area contributed by atoms with Crippen LogP contribution in [0.1, 0.15) is 12.8 Å². The maximum Gasteiger partial charge on any atom is 0.334 e. The van der Waals surface area contributed by atoms with Crippen molar-refractivity contribution in [1.82, 2.24) is 19.5 Å². The Bertz CT molecular complexity index is 1130. The Morgan fingerprint density at radius 2 is 1.88 bits per heavy atom. The van der Waals surface area contributed by atoms with Gasteiger partial charge in [0.25, 0.3) is 5.56 Å². The van der Waals surface area contributed by atoms with Crippen molar-refractivity contribution in [1.29, 1.82) is 0 Å². The van der Waals surface area contributed by atoms with Crippen molar-refractivity contribution in [2.45, 2.75) is 12.8 Å². The van der Waals surface area contributed by atoms with E-state index in [-0.39, 0.29) is 17.8 Å². The highest BCUT2D eigenvalue weighted by Gasteiger charge is 2.19. The molecule has 0 amide bonds. The maximum absolute atomic E-state index is 12.9. The van der Waals surface area contributed by atoms with Crippen LogP contribution >= 0.6 is 0 Å². The van der Waals surface area contributed by atoms with Crippen molar-refractivity contribution in [3.63, 3.8) is 0 Å². The molecule has 9 heteroatoms. The molecular formula is C17H15N5O4. The van der Waals surface area contributed by atoms with Crippen molar-refractivity contribution >= 4 is 17.0 Å². The third kappa shape index (κ3) is 2.24. The molecule has 132 valence electrons. The summed E-state index contributed by atoms with van der Waals surface area (Å²) in [4.78, 5) is 38.8. The van der Waals surface area contributed by atoms with E-state index in [1.165, 1.54) is 6.20 Å². The van der Waals surface area contributed by atoms with Crippen molar-refractivity contribution in [2.24, 2.45) is 0 Å². The molecule has 4 heterocycles. The van der Waals surface area contributed by atoms with Crippen LogP contribution in [0.2, 0.25) is 0 Å². The number of ether oxygens (including phenoxy) is 2. The summed E-state index contributed by atoms with van der Waals surface area (Å²) in [5, 5.41) is 0.255. The van der Waals surface area contributed by atoms with Crippen molar-refractivity contribution in [3.8, 4) is 17.2 Å². The average Bonchev–Trinajstić information content (AvgIpc) is 3.32. The fourth-order valence-electron chi connectivity index (χ4n) is 3.32. The van der Waals surface area contributed by atoms with Crippen molar-refractivity contribution in [2.75, 3.05) is 24.8 Å². The number of nitrogens with one attached hydrogen (secondary N) is 1. The van der Waals surface area contributed by atoms with Gasteiger partial charge in [0.2, 0.25) is 12.7 Å². The second kappa shape index (κ2) is 5.58. The van der Waals surface area contributed by atoms with Gasteiger partial charge in [-0.3, -0.25) is 9.78 Å². The minimum atomic E-state index is -0.563. The van der Waals surface area contributed by atoms with Gasteiger partial charge in [-0.15, -0.1) is 0 Å². The number of anilines is 1. The lowest BCUT2D eigenvalue weighted by atomic mass is 10.2.